The van der Waals surface area contributed by atoms with E-state index in [9.17, 15) is 4.79 Å². The summed E-state index contributed by atoms with van der Waals surface area (Å²) in [6.45, 7) is 2.62. The lowest BCUT2D eigenvalue weighted by Gasteiger charge is -2.19. The molecule has 78 valence electrons. The van der Waals surface area contributed by atoms with Crippen molar-refractivity contribution in [1.82, 2.24) is 4.90 Å². The molecule has 0 rings (SSSR count). The van der Waals surface area contributed by atoms with E-state index < -0.39 is 6.09 Å². The molecule has 0 aromatic heterocycles. The van der Waals surface area contributed by atoms with Gasteiger partial charge in [0.25, 0.3) is 0 Å². The van der Waals surface area contributed by atoms with Crippen LogP contribution in [0.2, 0.25) is 0 Å². The minimum atomic E-state index is -0.397. The maximum absolute atomic E-state index is 11.2. The Morgan fingerprint density at radius 1 is 1.69 bits per heavy atom. The largest absolute Gasteiger partial charge is 0.445 e. The highest BCUT2D eigenvalue weighted by Gasteiger charge is 2.12. The van der Waals surface area contributed by atoms with Gasteiger partial charge in [0.05, 0.1) is 0 Å². The molecule has 0 aromatic rings. The lowest BCUT2D eigenvalue weighted by Crippen LogP contribution is -2.33. The predicted molar refractivity (Wildman–Crippen MR) is 49.3 cm³/mol. The number of ether oxygens (including phenoxy) is 1. The van der Waals surface area contributed by atoms with Gasteiger partial charge in [0.2, 0.25) is 0 Å². The smallest absolute Gasteiger partial charge is 0.409 e. The summed E-state index contributed by atoms with van der Waals surface area (Å²) in [7, 11) is 1.63. The first-order chi connectivity index (χ1) is 6.11. The molecule has 0 radical (unpaired) electrons. The molecule has 1 amide bonds. The molecule has 0 aliphatic rings. The van der Waals surface area contributed by atoms with Crippen molar-refractivity contribution in [1.29, 1.82) is 0 Å². The molecule has 0 saturated carbocycles. The van der Waals surface area contributed by atoms with Crippen molar-refractivity contribution >= 4 is 6.09 Å². The van der Waals surface area contributed by atoms with Gasteiger partial charge in [-0.15, -0.1) is 0 Å². The number of amides is 1. The number of carbonyl (C=O) groups excluding carboxylic acids is 1. The van der Waals surface area contributed by atoms with E-state index in [1.54, 1.807) is 14.0 Å². The number of hydrogen-bond donors (Lipinski definition) is 2. The average Bonchev–Trinajstić information content (AvgIpc) is 2.13. The van der Waals surface area contributed by atoms with Gasteiger partial charge in [0.1, 0.15) is 6.10 Å². The monoisotopic (exact) mass is 190 g/mol. The molecule has 5 heteroatoms. The molecule has 5 nitrogen and oxygen atoms in total. The van der Waals surface area contributed by atoms with E-state index in [-0.39, 0.29) is 12.7 Å². The van der Waals surface area contributed by atoms with Gasteiger partial charge in [0.15, 0.2) is 0 Å². The molecule has 0 spiro atoms. The van der Waals surface area contributed by atoms with Gasteiger partial charge in [0, 0.05) is 26.7 Å². The molecule has 0 aromatic carbocycles. The van der Waals surface area contributed by atoms with Gasteiger partial charge in [-0.1, -0.05) is 0 Å². The molecular formula is C8H18N2O3. The topological polar surface area (TPSA) is 75.8 Å². The van der Waals surface area contributed by atoms with E-state index in [1.807, 2.05) is 0 Å². The minimum Gasteiger partial charge on any atom is -0.445 e. The molecular weight excluding hydrogens is 172 g/mol. The average molecular weight is 190 g/mol. The molecule has 1 unspecified atom stereocenters. The van der Waals surface area contributed by atoms with Crippen LogP contribution in [-0.4, -0.2) is 48.9 Å². The van der Waals surface area contributed by atoms with Crippen LogP contribution in [0, 0.1) is 0 Å². The summed E-state index contributed by atoms with van der Waals surface area (Å²) in [6, 6.07) is 0. The molecule has 1 atom stereocenters. The molecule has 0 bridgehead atoms. The van der Waals surface area contributed by atoms with Gasteiger partial charge in [-0.05, 0) is 13.3 Å². The summed E-state index contributed by atoms with van der Waals surface area (Å²) < 4.78 is 4.94. The number of nitrogens with zero attached hydrogens (tertiary/aromatic N) is 1. The maximum atomic E-state index is 11.2. The first-order valence-corrected chi connectivity index (χ1v) is 4.34. The molecule has 0 heterocycles. The standard InChI is InChI=1S/C8H18N2O3/c1-7(6-9)13-8(12)10(2)4-3-5-11/h7,11H,3-6,9H2,1-2H3. The number of carbonyl (C=O) groups is 1. The number of aliphatic hydroxyl groups is 1. The van der Waals surface area contributed by atoms with E-state index in [0.29, 0.717) is 19.5 Å². The van der Waals surface area contributed by atoms with Crippen molar-refractivity contribution in [2.75, 3.05) is 26.7 Å². The van der Waals surface area contributed by atoms with Crippen molar-refractivity contribution in [3.63, 3.8) is 0 Å². The second-order valence-corrected chi connectivity index (χ2v) is 2.93. The summed E-state index contributed by atoms with van der Waals surface area (Å²) >= 11 is 0. The second kappa shape index (κ2) is 6.68. The van der Waals surface area contributed by atoms with Gasteiger partial charge >= 0.3 is 6.09 Å². The Labute approximate surface area is 78.5 Å². The zero-order valence-electron chi connectivity index (χ0n) is 8.19. The van der Waals surface area contributed by atoms with Crippen LogP contribution < -0.4 is 5.73 Å². The van der Waals surface area contributed by atoms with Crippen molar-refractivity contribution in [2.45, 2.75) is 19.4 Å². The molecule has 0 aliphatic heterocycles. The number of aliphatic hydroxyl groups excluding tert-OH is 1. The van der Waals surface area contributed by atoms with Gasteiger partial charge in [-0.25, -0.2) is 4.79 Å². The third kappa shape index (κ3) is 5.43. The Kier molecular flexibility index (Phi) is 6.26. The van der Waals surface area contributed by atoms with Gasteiger partial charge in [-0.2, -0.15) is 0 Å². The third-order valence-electron chi connectivity index (χ3n) is 1.60. The summed E-state index contributed by atoms with van der Waals surface area (Å²) in [4.78, 5) is 12.6. The lowest BCUT2D eigenvalue weighted by atomic mass is 10.4. The SMILES string of the molecule is CC(CN)OC(=O)N(C)CCCO. The zero-order valence-corrected chi connectivity index (χ0v) is 8.19. The normalized spacial score (nSPS) is 12.3. The Bertz CT molecular complexity index is 152. The van der Waals surface area contributed by atoms with Crippen molar-refractivity contribution in [3.05, 3.63) is 0 Å². The van der Waals surface area contributed by atoms with Crippen LogP contribution >= 0.6 is 0 Å². The first-order valence-electron chi connectivity index (χ1n) is 4.34. The fourth-order valence-corrected chi connectivity index (χ4v) is 0.709. The van der Waals surface area contributed by atoms with Crippen LogP contribution in [0.15, 0.2) is 0 Å². The summed E-state index contributed by atoms with van der Waals surface area (Å²) in [6.07, 6.45) is -0.0988. The van der Waals surface area contributed by atoms with Crippen molar-refractivity contribution < 1.29 is 14.6 Å². The van der Waals surface area contributed by atoms with E-state index in [1.165, 1.54) is 4.90 Å². The number of nitrogens with two attached hydrogens (primary N) is 1. The van der Waals surface area contributed by atoms with Crippen LogP contribution in [0.3, 0.4) is 0 Å². The zero-order chi connectivity index (χ0) is 10.3. The second-order valence-electron chi connectivity index (χ2n) is 2.93. The highest BCUT2D eigenvalue weighted by molar-refractivity contribution is 5.67. The van der Waals surface area contributed by atoms with Crippen LogP contribution in [0.1, 0.15) is 13.3 Å². The molecule has 0 aliphatic carbocycles. The van der Waals surface area contributed by atoms with Crippen LogP contribution in [0.4, 0.5) is 4.79 Å². The number of rotatable bonds is 5. The quantitative estimate of drug-likeness (QED) is 0.628. The van der Waals surface area contributed by atoms with Crippen LogP contribution in [0.5, 0.6) is 0 Å². The molecule has 3 N–H and O–H groups in total. The first kappa shape index (κ1) is 12.2. The Balaban J connectivity index is 3.68. The molecule has 0 fully saturated rings. The fourth-order valence-electron chi connectivity index (χ4n) is 0.709. The van der Waals surface area contributed by atoms with E-state index >= 15 is 0 Å². The fraction of sp³-hybridized carbons (Fsp3) is 0.875. The minimum absolute atomic E-state index is 0.0735. The van der Waals surface area contributed by atoms with Gasteiger partial charge in [-0.3, -0.25) is 0 Å². The van der Waals surface area contributed by atoms with E-state index in [0.717, 1.165) is 0 Å². The lowest BCUT2D eigenvalue weighted by molar-refractivity contribution is 0.0784. The molecule has 0 saturated heterocycles. The highest BCUT2D eigenvalue weighted by atomic mass is 16.6. The van der Waals surface area contributed by atoms with Crippen molar-refractivity contribution in [2.24, 2.45) is 5.73 Å². The Hall–Kier alpha value is -0.810. The summed E-state index contributed by atoms with van der Waals surface area (Å²) in [5.74, 6) is 0. The van der Waals surface area contributed by atoms with E-state index in [4.69, 9.17) is 15.6 Å². The Morgan fingerprint density at radius 2 is 2.31 bits per heavy atom. The summed E-state index contributed by atoms with van der Waals surface area (Å²) in [5.41, 5.74) is 5.28. The van der Waals surface area contributed by atoms with Crippen LogP contribution in [-0.2, 0) is 4.74 Å². The van der Waals surface area contributed by atoms with Crippen molar-refractivity contribution in [3.8, 4) is 0 Å². The highest BCUT2D eigenvalue weighted by Crippen LogP contribution is 1.96. The summed E-state index contributed by atoms with van der Waals surface area (Å²) in [5, 5.41) is 8.53. The van der Waals surface area contributed by atoms with Crippen LogP contribution in [0.25, 0.3) is 0 Å². The maximum Gasteiger partial charge on any atom is 0.409 e. The van der Waals surface area contributed by atoms with E-state index in [2.05, 4.69) is 0 Å². The Morgan fingerprint density at radius 3 is 2.77 bits per heavy atom. The molecule has 13 heavy (non-hydrogen) atoms. The third-order valence-corrected chi connectivity index (χ3v) is 1.60. The predicted octanol–water partition coefficient (Wildman–Crippen LogP) is -0.216. The number of hydrogen-bond acceptors (Lipinski definition) is 4. The van der Waals surface area contributed by atoms with Gasteiger partial charge < -0.3 is 20.5 Å².